The maximum absolute atomic E-state index is 12.7. The molecule has 0 aliphatic carbocycles. The van der Waals surface area contributed by atoms with Crippen molar-refractivity contribution in [3.05, 3.63) is 30.1 Å². The monoisotopic (exact) mass is 269 g/mol. The first-order valence-electron chi connectivity index (χ1n) is 6.23. The fraction of sp³-hybridized carbons (Fsp3) is 0.500. The summed E-state index contributed by atoms with van der Waals surface area (Å²) in [6.07, 6.45) is 0.0216. The number of ether oxygens (including phenoxy) is 2. The van der Waals surface area contributed by atoms with Crippen molar-refractivity contribution in [2.45, 2.75) is 38.8 Å². The maximum atomic E-state index is 12.7. The second-order valence-corrected chi connectivity index (χ2v) is 4.72. The number of esters is 1. The molecule has 0 saturated heterocycles. The molecular formula is C14H20FNO3. The lowest BCUT2D eigenvalue weighted by Crippen LogP contribution is -2.49. The molecule has 0 amide bonds. The summed E-state index contributed by atoms with van der Waals surface area (Å²) >= 11 is 0. The van der Waals surface area contributed by atoms with Gasteiger partial charge in [0.2, 0.25) is 0 Å². The lowest BCUT2D eigenvalue weighted by Gasteiger charge is -2.26. The third-order valence-corrected chi connectivity index (χ3v) is 2.60. The number of nitrogens with two attached hydrogens (primary N) is 1. The Balaban J connectivity index is 2.56. The van der Waals surface area contributed by atoms with Gasteiger partial charge in [0.15, 0.2) is 0 Å². The zero-order valence-electron chi connectivity index (χ0n) is 11.5. The molecule has 0 aromatic heterocycles. The number of hydrogen-bond donors (Lipinski definition) is 1. The molecule has 0 bridgehead atoms. The molecule has 1 rings (SSSR count). The van der Waals surface area contributed by atoms with Crippen molar-refractivity contribution >= 4 is 5.97 Å². The molecule has 106 valence electrons. The van der Waals surface area contributed by atoms with E-state index in [2.05, 4.69) is 0 Å². The summed E-state index contributed by atoms with van der Waals surface area (Å²) in [6.45, 7) is 5.43. The van der Waals surface area contributed by atoms with Crippen LogP contribution in [0.2, 0.25) is 0 Å². The molecule has 0 heterocycles. The number of benzene rings is 1. The van der Waals surface area contributed by atoms with E-state index < -0.39 is 11.5 Å². The molecule has 1 aromatic rings. The Kier molecular flexibility index (Phi) is 5.30. The van der Waals surface area contributed by atoms with Gasteiger partial charge in [0.1, 0.15) is 17.1 Å². The van der Waals surface area contributed by atoms with Gasteiger partial charge in [0.25, 0.3) is 0 Å². The molecule has 0 aliphatic rings. The van der Waals surface area contributed by atoms with Gasteiger partial charge in [-0.15, -0.1) is 0 Å². The topological polar surface area (TPSA) is 61.5 Å². The van der Waals surface area contributed by atoms with E-state index in [1.165, 1.54) is 24.3 Å². The second kappa shape index (κ2) is 6.52. The van der Waals surface area contributed by atoms with Crippen LogP contribution in [0.15, 0.2) is 24.3 Å². The molecule has 2 atom stereocenters. The fourth-order valence-electron chi connectivity index (χ4n) is 1.76. The Morgan fingerprint density at radius 3 is 2.53 bits per heavy atom. The molecule has 0 aliphatic heterocycles. The van der Waals surface area contributed by atoms with E-state index in [4.69, 9.17) is 15.2 Å². The number of halogens is 1. The summed E-state index contributed by atoms with van der Waals surface area (Å²) in [6, 6.07) is 5.69. The SMILES string of the molecule is CCOC(=O)C(C)(N)CC(C)Oc1ccc(F)cc1. The van der Waals surface area contributed by atoms with E-state index >= 15 is 0 Å². The average molecular weight is 269 g/mol. The third kappa shape index (κ3) is 4.87. The lowest BCUT2D eigenvalue weighted by atomic mass is 9.96. The van der Waals surface area contributed by atoms with Gasteiger partial charge in [-0.25, -0.2) is 4.39 Å². The highest BCUT2D eigenvalue weighted by molar-refractivity contribution is 5.80. The molecule has 2 N–H and O–H groups in total. The lowest BCUT2D eigenvalue weighted by molar-refractivity contribution is -0.149. The van der Waals surface area contributed by atoms with E-state index in [-0.39, 0.29) is 11.9 Å². The van der Waals surface area contributed by atoms with Gasteiger partial charge in [-0.1, -0.05) is 0 Å². The minimum Gasteiger partial charge on any atom is -0.491 e. The molecule has 4 nitrogen and oxygen atoms in total. The highest BCUT2D eigenvalue weighted by Crippen LogP contribution is 2.18. The van der Waals surface area contributed by atoms with Crippen molar-refractivity contribution in [2.24, 2.45) is 5.73 Å². The molecule has 0 fully saturated rings. The molecule has 2 unspecified atom stereocenters. The van der Waals surface area contributed by atoms with Gasteiger partial charge >= 0.3 is 5.97 Å². The number of carbonyl (C=O) groups is 1. The van der Waals surface area contributed by atoms with Crippen molar-refractivity contribution < 1.29 is 18.7 Å². The van der Waals surface area contributed by atoms with Gasteiger partial charge in [-0.3, -0.25) is 4.79 Å². The van der Waals surface area contributed by atoms with Gasteiger partial charge < -0.3 is 15.2 Å². The zero-order valence-corrected chi connectivity index (χ0v) is 11.5. The van der Waals surface area contributed by atoms with Crippen LogP contribution in [0, 0.1) is 5.82 Å². The molecular weight excluding hydrogens is 249 g/mol. The number of rotatable bonds is 6. The Morgan fingerprint density at radius 1 is 1.42 bits per heavy atom. The van der Waals surface area contributed by atoms with Crippen molar-refractivity contribution in [2.75, 3.05) is 6.61 Å². The number of carbonyl (C=O) groups excluding carboxylic acids is 1. The van der Waals surface area contributed by atoms with Crippen LogP contribution in [0.1, 0.15) is 27.2 Å². The smallest absolute Gasteiger partial charge is 0.325 e. The average Bonchev–Trinajstić information content (AvgIpc) is 2.31. The highest BCUT2D eigenvalue weighted by atomic mass is 19.1. The summed E-state index contributed by atoms with van der Waals surface area (Å²) in [5.41, 5.74) is 4.81. The van der Waals surface area contributed by atoms with Gasteiger partial charge in [0.05, 0.1) is 12.7 Å². The molecule has 0 radical (unpaired) electrons. The molecule has 5 heteroatoms. The van der Waals surface area contributed by atoms with Crippen molar-refractivity contribution in [1.82, 2.24) is 0 Å². The van der Waals surface area contributed by atoms with E-state index in [1.54, 1.807) is 20.8 Å². The van der Waals surface area contributed by atoms with Crippen LogP contribution in [-0.2, 0) is 9.53 Å². The van der Waals surface area contributed by atoms with Crippen molar-refractivity contribution in [3.8, 4) is 5.75 Å². The Hall–Kier alpha value is -1.62. The fourth-order valence-corrected chi connectivity index (χ4v) is 1.76. The standard InChI is InChI=1S/C14H20FNO3/c1-4-18-13(17)14(3,16)9-10(2)19-12-7-5-11(15)6-8-12/h5-8,10H,4,9,16H2,1-3H3. The van der Waals surface area contributed by atoms with Crippen LogP contribution in [0.25, 0.3) is 0 Å². The van der Waals surface area contributed by atoms with Crippen LogP contribution >= 0.6 is 0 Å². The normalized spacial score (nSPS) is 15.4. The summed E-state index contributed by atoms with van der Waals surface area (Å²) in [4.78, 5) is 11.6. The molecule has 0 spiro atoms. The predicted octanol–water partition coefficient (Wildman–Crippen LogP) is 2.26. The Bertz CT molecular complexity index is 417. The van der Waals surface area contributed by atoms with Crippen LogP contribution in [0.5, 0.6) is 5.75 Å². The zero-order chi connectivity index (χ0) is 14.5. The summed E-state index contributed by atoms with van der Waals surface area (Å²) in [5.74, 6) is -0.242. The maximum Gasteiger partial charge on any atom is 0.325 e. The first kappa shape index (κ1) is 15.4. The molecule has 19 heavy (non-hydrogen) atoms. The van der Waals surface area contributed by atoms with E-state index in [1.807, 2.05) is 0 Å². The van der Waals surface area contributed by atoms with Crippen LogP contribution < -0.4 is 10.5 Å². The van der Waals surface area contributed by atoms with E-state index in [0.29, 0.717) is 18.8 Å². The second-order valence-electron chi connectivity index (χ2n) is 4.72. The van der Waals surface area contributed by atoms with E-state index in [0.717, 1.165) is 0 Å². The Labute approximate surface area is 112 Å². The van der Waals surface area contributed by atoms with Crippen LogP contribution in [0.3, 0.4) is 0 Å². The first-order valence-corrected chi connectivity index (χ1v) is 6.23. The first-order chi connectivity index (χ1) is 8.85. The summed E-state index contributed by atoms with van der Waals surface area (Å²) < 4.78 is 23.2. The Morgan fingerprint density at radius 2 is 2.00 bits per heavy atom. The van der Waals surface area contributed by atoms with Gasteiger partial charge in [0, 0.05) is 6.42 Å². The van der Waals surface area contributed by atoms with Crippen molar-refractivity contribution in [1.29, 1.82) is 0 Å². The van der Waals surface area contributed by atoms with E-state index in [9.17, 15) is 9.18 Å². The predicted molar refractivity (Wildman–Crippen MR) is 70.3 cm³/mol. The van der Waals surface area contributed by atoms with Crippen LogP contribution in [0.4, 0.5) is 4.39 Å². The highest BCUT2D eigenvalue weighted by Gasteiger charge is 2.32. The van der Waals surface area contributed by atoms with Gasteiger partial charge in [-0.05, 0) is 45.0 Å². The minimum atomic E-state index is -1.10. The quantitative estimate of drug-likeness (QED) is 0.805. The number of hydrogen-bond acceptors (Lipinski definition) is 4. The largest absolute Gasteiger partial charge is 0.491 e. The minimum absolute atomic E-state index is 0.287. The summed E-state index contributed by atoms with van der Waals surface area (Å²) in [5, 5.41) is 0. The molecule has 0 saturated carbocycles. The summed E-state index contributed by atoms with van der Waals surface area (Å²) in [7, 11) is 0. The van der Waals surface area contributed by atoms with Crippen molar-refractivity contribution in [3.63, 3.8) is 0 Å². The molecule has 1 aromatic carbocycles. The third-order valence-electron chi connectivity index (χ3n) is 2.60. The van der Waals surface area contributed by atoms with Crippen LogP contribution in [-0.4, -0.2) is 24.2 Å². The van der Waals surface area contributed by atoms with Gasteiger partial charge in [-0.2, -0.15) is 0 Å².